The number of hydrogen-bond acceptors (Lipinski definition) is 4. The Morgan fingerprint density at radius 2 is 2.00 bits per heavy atom. The monoisotopic (exact) mass is 253 g/mol. The van der Waals surface area contributed by atoms with Crippen LogP contribution in [0.5, 0.6) is 0 Å². The van der Waals surface area contributed by atoms with Gasteiger partial charge in [-0.3, -0.25) is 0 Å². The third kappa shape index (κ3) is 3.51. The van der Waals surface area contributed by atoms with Crippen molar-refractivity contribution < 1.29 is 8.42 Å². The van der Waals surface area contributed by atoms with E-state index in [4.69, 9.17) is 5.26 Å². The SMILES string of the molecule is CC(C)C(C)NS(=O)(=O)c1ccc(C#N)nc1. The molecule has 0 aromatic carbocycles. The van der Waals surface area contributed by atoms with Crippen molar-refractivity contribution in [3.05, 3.63) is 24.0 Å². The Kier molecular flexibility index (Phi) is 4.21. The molecular formula is C11H15N3O2S. The van der Waals surface area contributed by atoms with Gasteiger partial charge in [0.2, 0.25) is 10.0 Å². The first-order valence-corrected chi connectivity index (χ1v) is 6.73. The molecule has 1 heterocycles. The Labute approximate surface area is 102 Å². The maximum absolute atomic E-state index is 11.9. The molecule has 1 atom stereocenters. The summed E-state index contributed by atoms with van der Waals surface area (Å²) in [5, 5.41) is 8.57. The van der Waals surface area contributed by atoms with Gasteiger partial charge in [0.15, 0.2) is 0 Å². The lowest BCUT2D eigenvalue weighted by atomic mass is 10.1. The Hall–Kier alpha value is -1.45. The number of aromatic nitrogens is 1. The van der Waals surface area contributed by atoms with Crippen LogP contribution in [0, 0.1) is 17.2 Å². The fraction of sp³-hybridized carbons (Fsp3) is 0.455. The maximum atomic E-state index is 11.9. The van der Waals surface area contributed by atoms with E-state index in [1.807, 2.05) is 19.9 Å². The second-order valence-corrected chi connectivity index (χ2v) is 5.86. The summed E-state index contributed by atoms with van der Waals surface area (Å²) in [5.74, 6) is 0.205. The van der Waals surface area contributed by atoms with Gasteiger partial charge in [0.25, 0.3) is 0 Å². The topological polar surface area (TPSA) is 82.9 Å². The molecule has 0 radical (unpaired) electrons. The minimum Gasteiger partial charge on any atom is -0.244 e. The zero-order chi connectivity index (χ0) is 13.1. The number of pyridine rings is 1. The molecule has 0 saturated carbocycles. The predicted molar refractivity (Wildman–Crippen MR) is 63.6 cm³/mol. The minimum atomic E-state index is -3.55. The van der Waals surface area contributed by atoms with Crippen molar-refractivity contribution in [3.63, 3.8) is 0 Å². The Bertz CT molecular complexity index is 515. The molecule has 0 saturated heterocycles. The first-order valence-electron chi connectivity index (χ1n) is 5.25. The Morgan fingerprint density at radius 3 is 2.41 bits per heavy atom. The zero-order valence-electron chi connectivity index (χ0n) is 10.0. The summed E-state index contributed by atoms with van der Waals surface area (Å²) < 4.78 is 26.4. The van der Waals surface area contributed by atoms with Gasteiger partial charge in [-0.2, -0.15) is 5.26 Å². The molecule has 6 heteroatoms. The molecule has 0 fully saturated rings. The second-order valence-electron chi connectivity index (χ2n) is 4.14. The number of rotatable bonds is 4. The van der Waals surface area contributed by atoms with Gasteiger partial charge in [0, 0.05) is 12.2 Å². The first kappa shape index (κ1) is 13.6. The summed E-state index contributed by atoms with van der Waals surface area (Å²) in [5.41, 5.74) is 0.195. The van der Waals surface area contributed by atoms with Gasteiger partial charge < -0.3 is 0 Å². The summed E-state index contributed by atoms with van der Waals surface area (Å²) in [6.45, 7) is 5.67. The van der Waals surface area contributed by atoms with Crippen molar-refractivity contribution in [3.8, 4) is 6.07 Å². The molecule has 1 unspecified atom stereocenters. The van der Waals surface area contributed by atoms with Crippen LogP contribution >= 0.6 is 0 Å². The van der Waals surface area contributed by atoms with Gasteiger partial charge in [0.1, 0.15) is 16.7 Å². The van der Waals surface area contributed by atoms with Gasteiger partial charge in [-0.25, -0.2) is 18.1 Å². The van der Waals surface area contributed by atoms with Gasteiger partial charge in [-0.1, -0.05) is 13.8 Å². The predicted octanol–water partition coefficient (Wildman–Crippen LogP) is 1.28. The van der Waals surface area contributed by atoms with E-state index in [0.717, 1.165) is 0 Å². The third-order valence-electron chi connectivity index (χ3n) is 2.50. The smallest absolute Gasteiger partial charge is 0.242 e. The molecule has 5 nitrogen and oxygen atoms in total. The van der Waals surface area contributed by atoms with E-state index in [-0.39, 0.29) is 22.5 Å². The minimum absolute atomic E-state index is 0.0731. The van der Waals surface area contributed by atoms with Crippen molar-refractivity contribution in [2.45, 2.75) is 31.7 Å². The fourth-order valence-electron chi connectivity index (χ4n) is 1.05. The van der Waals surface area contributed by atoms with Crippen molar-refractivity contribution in [2.24, 2.45) is 5.92 Å². The van der Waals surface area contributed by atoms with Crippen LogP contribution in [0.3, 0.4) is 0 Å². The molecule has 1 rings (SSSR count). The average Bonchev–Trinajstić information content (AvgIpc) is 2.28. The standard InChI is InChI=1S/C11H15N3O2S/c1-8(2)9(3)14-17(15,16)11-5-4-10(6-12)13-7-11/h4-5,7-9,14H,1-3H3. The molecule has 0 aliphatic heterocycles. The van der Waals surface area contributed by atoms with Crippen LogP contribution in [-0.2, 0) is 10.0 Å². The van der Waals surface area contributed by atoms with E-state index in [1.165, 1.54) is 18.3 Å². The van der Waals surface area contributed by atoms with Crippen LogP contribution in [0.4, 0.5) is 0 Å². The highest BCUT2D eigenvalue weighted by Gasteiger charge is 2.19. The summed E-state index contributed by atoms with van der Waals surface area (Å²) in [7, 11) is -3.55. The van der Waals surface area contributed by atoms with E-state index >= 15 is 0 Å². The molecule has 1 aromatic heterocycles. The van der Waals surface area contributed by atoms with Crippen molar-refractivity contribution >= 4 is 10.0 Å². The molecule has 92 valence electrons. The van der Waals surface area contributed by atoms with E-state index in [9.17, 15) is 8.42 Å². The van der Waals surface area contributed by atoms with Crippen molar-refractivity contribution in [1.82, 2.24) is 9.71 Å². The van der Waals surface area contributed by atoms with Gasteiger partial charge >= 0.3 is 0 Å². The van der Waals surface area contributed by atoms with Crippen LogP contribution in [-0.4, -0.2) is 19.4 Å². The van der Waals surface area contributed by atoms with E-state index in [1.54, 1.807) is 6.92 Å². The Balaban J connectivity index is 2.94. The van der Waals surface area contributed by atoms with E-state index < -0.39 is 10.0 Å². The maximum Gasteiger partial charge on any atom is 0.242 e. The highest BCUT2D eigenvalue weighted by molar-refractivity contribution is 7.89. The molecule has 0 aliphatic rings. The van der Waals surface area contributed by atoms with Crippen LogP contribution in [0.25, 0.3) is 0 Å². The van der Waals surface area contributed by atoms with Crippen molar-refractivity contribution in [2.75, 3.05) is 0 Å². The summed E-state index contributed by atoms with van der Waals surface area (Å²) >= 11 is 0. The first-order chi connectivity index (χ1) is 7.86. The second kappa shape index (κ2) is 5.25. The van der Waals surface area contributed by atoms with Crippen LogP contribution in [0.15, 0.2) is 23.2 Å². The molecule has 0 spiro atoms. The van der Waals surface area contributed by atoms with E-state index in [2.05, 4.69) is 9.71 Å². The van der Waals surface area contributed by atoms with Gasteiger partial charge in [-0.05, 0) is 25.0 Å². The summed E-state index contributed by atoms with van der Waals surface area (Å²) in [6, 6.07) is 4.44. The molecule has 0 bridgehead atoms. The van der Waals surface area contributed by atoms with Crippen LogP contribution in [0.2, 0.25) is 0 Å². The highest BCUT2D eigenvalue weighted by Crippen LogP contribution is 2.10. The molecular weight excluding hydrogens is 238 g/mol. The lowest BCUT2D eigenvalue weighted by Gasteiger charge is -2.17. The Morgan fingerprint density at radius 1 is 1.35 bits per heavy atom. The highest BCUT2D eigenvalue weighted by atomic mass is 32.2. The van der Waals surface area contributed by atoms with Crippen LogP contribution in [0.1, 0.15) is 26.5 Å². The molecule has 1 aromatic rings. The molecule has 0 amide bonds. The third-order valence-corrected chi connectivity index (χ3v) is 4.05. The van der Waals surface area contributed by atoms with Crippen LogP contribution < -0.4 is 4.72 Å². The number of sulfonamides is 1. The molecule has 1 N–H and O–H groups in total. The normalized spacial score (nSPS) is 13.4. The van der Waals surface area contributed by atoms with Gasteiger partial charge in [-0.15, -0.1) is 0 Å². The average molecular weight is 253 g/mol. The lowest BCUT2D eigenvalue weighted by Crippen LogP contribution is -2.36. The van der Waals surface area contributed by atoms with E-state index in [0.29, 0.717) is 0 Å². The summed E-state index contributed by atoms with van der Waals surface area (Å²) in [6.07, 6.45) is 1.19. The number of hydrogen-bond donors (Lipinski definition) is 1. The molecule has 0 aliphatic carbocycles. The number of nitrogens with one attached hydrogen (secondary N) is 1. The van der Waals surface area contributed by atoms with Gasteiger partial charge in [0.05, 0.1) is 0 Å². The quantitative estimate of drug-likeness (QED) is 0.876. The number of nitrogens with zero attached hydrogens (tertiary/aromatic N) is 2. The summed E-state index contributed by atoms with van der Waals surface area (Å²) in [4.78, 5) is 3.81. The molecule has 17 heavy (non-hydrogen) atoms. The van der Waals surface area contributed by atoms with Crippen molar-refractivity contribution in [1.29, 1.82) is 5.26 Å². The zero-order valence-corrected chi connectivity index (χ0v) is 10.8. The lowest BCUT2D eigenvalue weighted by molar-refractivity contribution is 0.476. The largest absolute Gasteiger partial charge is 0.244 e. The number of nitriles is 1. The fourth-order valence-corrected chi connectivity index (χ4v) is 2.39.